The summed E-state index contributed by atoms with van der Waals surface area (Å²) in [4.78, 5) is 14.0. The van der Waals surface area contributed by atoms with Gasteiger partial charge in [0.15, 0.2) is 11.6 Å². The number of amides is 1. The minimum Gasteiger partial charge on any atom is -0.381 e. The normalized spacial score (nSPS) is 21.3. The minimum absolute atomic E-state index is 0.0111. The summed E-state index contributed by atoms with van der Waals surface area (Å²) in [6.45, 7) is 1.15. The molecule has 1 atom stereocenters. The first-order chi connectivity index (χ1) is 16.5. The summed E-state index contributed by atoms with van der Waals surface area (Å²) in [7, 11) is 0. The van der Waals surface area contributed by atoms with Crippen molar-refractivity contribution in [2.24, 2.45) is 11.8 Å². The summed E-state index contributed by atoms with van der Waals surface area (Å²) in [6.07, 6.45) is 6.79. The lowest BCUT2D eigenvalue weighted by Crippen LogP contribution is -2.57. The summed E-state index contributed by atoms with van der Waals surface area (Å²) in [6, 6.07) is 9.70. The molecule has 0 bridgehead atoms. The highest BCUT2D eigenvalue weighted by atomic mass is 35.5. The fourth-order valence-corrected chi connectivity index (χ4v) is 5.88. The molecule has 1 saturated carbocycles. The van der Waals surface area contributed by atoms with Crippen LogP contribution in [0, 0.1) is 23.5 Å². The van der Waals surface area contributed by atoms with E-state index in [1.165, 1.54) is 6.42 Å². The summed E-state index contributed by atoms with van der Waals surface area (Å²) in [5.74, 6) is -2.46. The maximum absolute atomic E-state index is 14.1. The van der Waals surface area contributed by atoms with Crippen LogP contribution in [0.5, 0.6) is 0 Å². The molecule has 2 heterocycles. The minimum atomic E-state index is -1.09. The predicted molar refractivity (Wildman–Crippen MR) is 129 cm³/mol. The SMILES string of the molecule is O=C(NC1CCCCC1)[C@@H](C1CCOCC1)C1(c2ccc(Cl)cc2)Nc2cc(F)c(F)cc2N1. The van der Waals surface area contributed by atoms with Gasteiger partial charge in [0.25, 0.3) is 0 Å². The molecule has 0 aromatic heterocycles. The maximum Gasteiger partial charge on any atom is 0.228 e. The van der Waals surface area contributed by atoms with E-state index in [0.717, 1.165) is 56.2 Å². The molecule has 1 saturated heterocycles. The van der Waals surface area contributed by atoms with Gasteiger partial charge in [0.05, 0.1) is 17.3 Å². The van der Waals surface area contributed by atoms with E-state index < -0.39 is 23.2 Å². The van der Waals surface area contributed by atoms with Gasteiger partial charge in [-0.3, -0.25) is 4.79 Å². The number of hydrogen-bond donors (Lipinski definition) is 3. The molecule has 34 heavy (non-hydrogen) atoms. The first-order valence-electron chi connectivity index (χ1n) is 12.2. The van der Waals surface area contributed by atoms with Crippen molar-refractivity contribution in [3.63, 3.8) is 0 Å². The number of fused-ring (bicyclic) bond motifs is 1. The number of ether oxygens (including phenoxy) is 1. The fourth-order valence-electron chi connectivity index (χ4n) is 5.75. The van der Waals surface area contributed by atoms with Gasteiger partial charge in [-0.25, -0.2) is 8.78 Å². The van der Waals surface area contributed by atoms with Gasteiger partial charge in [0, 0.05) is 36.4 Å². The number of benzene rings is 2. The molecule has 1 aliphatic carbocycles. The van der Waals surface area contributed by atoms with Crippen LogP contribution in [0.1, 0.15) is 50.5 Å². The van der Waals surface area contributed by atoms with Crippen LogP contribution < -0.4 is 16.0 Å². The van der Waals surface area contributed by atoms with E-state index in [-0.39, 0.29) is 17.9 Å². The van der Waals surface area contributed by atoms with E-state index in [1.54, 1.807) is 12.1 Å². The highest BCUT2D eigenvalue weighted by Crippen LogP contribution is 2.48. The van der Waals surface area contributed by atoms with Crippen molar-refractivity contribution in [1.29, 1.82) is 0 Å². The highest BCUT2D eigenvalue weighted by molar-refractivity contribution is 6.30. The van der Waals surface area contributed by atoms with E-state index in [9.17, 15) is 13.6 Å². The lowest BCUT2D eigenvalue weighted by Gasteiger charge is -2.44. The zero-order valence-electron chi connectivity index (χ0n) is 19.0. The molecule has 8 heteroatoms. The Labute approximate surface area is 203 Å². The molecule has 5 nitrogen and oxygen atoms in total. The smallest absolute Gasteiger partial charge is 0.228 e. The Bertz CT molecular complexity index is 1010. The van der Waals surface area contributed by atoms with Crippen molar-refractivity contribution in [1.82, 2.24) is 5.32 Å². The van der Waals surface area contributed by atoms with Gasteiger partial charge in [-0.15, -0.1) is 0 Å². The van der Waals surface area contributed by atoms with Crippen LogP contribution in [0.3, 0.4) is 0 Å². The van der Waals surface area contributed by atoms with Crippen LogP contribution in [0.2, 0.25) is 5.02 Å². The second-order valence-corrected chi connectivity index (χ2v) is 10.1. The molecule has 1 amide bonds. The third-order valence-electron chi connectivity index (χ3n) is 7.46. The van der Waals surface area contributed by atoms with Crippen molar-refractivity contribution in [3.05, 3.63) is 58.6 Å². The topological polar surface area (TPSA) is 62.4 Å². The summed E-state index contributed by atoms with van der Waals surface area (Å²) in [5.41, 5.74) is 0.547. The predicted octanol–water partition coefficient (Wildman–Crippen LogP) is 5.80. The van der Waals surface area contributed by atoms with Gasteiger partial charge in [0.2, 0.25) is 5.91 Å². The molecule has 2 fully saturated rings. The van der Waals surface area contributed by atoms with Crippen molar-refractivity contribution in [2.45, 2.75) is 56.7 Å². The number of anilines is 2. The van der Waals surface area contributed by atoms with Gasteiger partial charge in [-0.2, -0.15) is 0 Å². The molecule has 2 aliphatic heterocycles. The second kappa shape index (κ2) is 9.70. The molecule has 182 valence electrons. The average molecular weight is 490 g/mol. The highest BCUT2D eigenvalue weighted by Gasteiger charge is 2.52. The Hall–Kier alpha value is -2.38. The van der Waals surface area contributed by atoms with E-state index in [0.29, 0.717) is 29.6 Å². The number of hydrogen-bond acceptors (Lipinski definition) is 4. The largest absolute Gasteiger partial charge is 0.381 e. The van der Waals surface area contributed by atoms with Gasteiger partial charge < -0.3 is 20.7 Å². The zero-order valence-corrected chi connectivity index (χ0v) is 19.8. The van der Waals surface area contributed by atoms with Crippen LogP contribution in [0.25, 0.3) is 0 Å². The van der Waals surface area contributed by atoms with Crippen LogP contribution in [0.15, 0.2) is 36.4 Å². The molecule has 3 N–H and O–H groups in total. The van der Waals surface area contributed by atoms with Crippen molar-refractivity contribution < 1.29 is 18.3 Å². The Morgan fingerprint density at radius 2 is 1.56 bits per heavy atom. The molecule has 2 aromatic carbocycles. The van der Waals surface area contributed by atoms with Gasteiger partial charge in [0.1, 0.15) is 5.66 Å². The molecule has 0 radical (unpaired) electrons. The second-order valence-electron chi connectivity index (χ2n) is 9.65. The Kier molecular flexibility index (Phi) is 6.67. The first kappa shape index (κ1) is 23.4. The number of carbonyl (C=O) groups excluding carboxylic acids is 1. The monoisotopic (exact) mass is 489 g/mol. The quantitative estimate of drug-likeness (QED) is 0.496. The van der Waals surface area contributed by atoms with Crippen LogP contribution in [-0.4, -0.2) is 25.2 Å². The number of rotatable bonds is 5. The molecule has 5 rings (SSSR count). The standard InChI is InChI=1S/C26H30ClF2N3O2/c27-18-8-6-17(7-9-18)26(31-22-14-20(28)21(29)15-23(22)32-26)24(16-10-12-34-13-11-16)25(33)30-19-4-2-1-3-5-19/h6-9,14-16,19,24,31-32H,1-5,10-13H2,(H,30,33)/t24-/m1/s1. The van der Waals surface area contributed by atoms with E-state index in [4.69, 9.17) is 16.3 Å². The van der Waals surface area contributed by atoms with Crippen LogP contribution >= 0.6 is 11.6 Å². The van der Waals surface area contributed by atoms with Crippen molar-refractivity contribution >= 4 is 28.9 Å². The molecule has 0 unspecified atom stereocenters. The fraction of sp³-hybridized carbons (Fsp3) is 0.500. The lowest BCUT2D eigenvalue weighted by molar-refractivity contribution is -0.131. The molecule has 2 aromatic rings. The van der Waals surface area contributed by atoms with Crippen molar-refractivity contribution in [3.8, 4) is 0 Å². The van der Waals surface area contributed by atoms with E-state index in [2.05, 4.69) is 16.0 Å². The summed E-state index contributed by atoms with van der Waals surface area (Å²) >= 11 is 6.18. The zero-order chi connectivity index (χ0) is 23.7. The maximum atomic E-state index is 14.1. The van der Waals surface area contributed by atoms with Gasteiger partial charge >= 0.3 is 0 Å². The molecule has 0 spiro atoms. The van der Waals surface area contributed by atoms with Crippen LogP contribution in [0.4, 0.5) is 20.2 Å². The first-order valence-corrected chi connectivity index (χ1v) is 12.5. The number of halogens is 3. The number of carbonyl (C=O) groups is 1. The lowest BCUT2D eigenvalue weighted by atomic mass is 9.73. The molecular formula is C26H30ClF2N3O2. The summed E-state index contributed by atoms with van der Waals surface area (Å²) < 4.78 is 33.9. The molecule has 3 aliphatic rings. The Morgan fingerprint density at radius 1 is 0.971 bits per heavy atom. The van der Waals surface area contributed by atoms with Crippen molar-refractivity contribution in [2.75, 3.05) is 23.8 Å². The Morgan fingerprint density at radius 3 is 2.15 bits per heavy atom. The number of nitrogens with one attached hydrogen (secondary N) is 3. The summed E-state index contributed by atoms with van der Waals surface area (Å²) in [5, 5.41) is 10.7. The third kappa shape index (κ3) is 4.48. The van der Waals surface area contributed by atoms with Crippen LogP contribution in [-0.2, 0) is 15.2 Å². The third-order valence-corrected chi connectivity index (χ3v) is 7.71. The van der Waals surface area contributed by atoms with E-state index >= 15 is 0 Å². The van der Waals surface area contributed by atoms with Gasteiger partial charge in [-0.05, 0) is 49.3 Å². The Balaban J connectivity index is 1.58. The van der Waals surface area contributed by atoms with E-state index in [1.807, 2.05) is 12.1 Å². The van der Waals surface area contributed by atoms with Gasteiger partial charge in [-0.1, -0.05) is 43.0 Å². The molecular weight excluding hydrogens is 460 g/mol. The average Bonchev–Trinajstić information content (AvgIpc) is 3.19.